The molecular formula is C24H24N2O3S. The van der Waals surface area contributed by atoms with Gasteiger partial charge in [0.2, 0.25) is 0 Å². The highest BCUT2D eigenvalue weighted by Gasteiger charge is 2.16. The van der Waals surface area contributed by atoms with Crippen LogP contribution in [0.4, 0.5) is 0 Å². The van der Waals surface area contributed by atoms with Crippen molar-refractivity contribution < 1.29 is 14.3 Å². The quantitative estimate of drug-likeness (QED) is 0.526. The van der Waals surface area contributed by atoms with Crippen molar-refractivity contribution in [2.75, 3.05) is 6.61 Å². The summed E-state index contributed by atoms with van der Waals surface area (Å²) in [5.74, 6) is 0.0861. The third-order valence-electron chi connectivity index (χ3n) is 4.37. The Bertz CT molecular complexity index is 1040. The second-order valence-corrected chi connectivity index (χ2v) is 7.58. The van der Waals surface area contributed by atoms with Crippen LogP contribution in [0, 0.1) is 6.92 Å². The molecule has 3 aromatic rings. The van der Waals surface area contributed by atoms with Crippen LogP contribution in [-0.4, -0.2) is 18.4 Å². The normalized spacial score (nSPS) is 11.1. The zero-order chi connectivity index (χ0) is 21.3. The van der Waals surface area contributed by atoms with Crippen LogP contribution in [0.3, 0.4) is 0 Å². The highest BCUT2D eigenvalue weighted by molar-refractivity contribution is 7.10. The van der Waals surface area contributed by atoms with Crippen molar-refractivity contribution in [2.45, 2.75) is 20.4 Å². The van der Waals surface area contributed by atoms with E-state index < -0.39 is 0 Å². The summed E-state index contributed by atoms with van der Waals surface area (Å²) >= 11 is 1.49. The van der Waals surface area contributed by atoms with Gasteiger partial charge in [0.15, 0.2) is 0 Å². The summed E-state index contributed by atoms with van der Waals surface area (Å²) in [7, 11) is 0. The number of carbonyl (C=O) groups excluding carboxylic acids is 2. The van der Waals surface area contributed by atoms with Crippen molar-refractivity contribution in [3.05, 3.63) is 93.3 Å². The molecule has 30 heavy (non-hydrogen) atoms. The first kappa shape index (κ1) is 21.3. The molecule has 0 unspecified atom stereocenters. The third kappa shape index (κ3) is 5.81. The Kier molecular flexibility index (Phi) is 7.40. The molecule has 6 heteroatoms. The van der Waals surface area contributed by atoms with Crippen LogP contribution in [0.25, 0.3) is 6.08 Å². The van der Waals surface area contributed by atoms with Gasteiger partial charge in [-0.15, -0.1) is 11.3 Å². The number of nitrogens with one attached hydrogen (secondary N) is 2. The Balaban J connectivity index is 1.75. The van der Waals surface area contributed by atoms with Crippen molar-refractivity contribution >= 4 is 29.2 Å². The van der Waals surface area contributed by atoms with E-state index in [1.54, 1.807) is 18.2 Å². The molecule has 0 radical (unpaired) electrons. The minimum atomic E-state index is -0.354. The number of thiophene rings is 1. The number of aryl methyl sites for hydroxylation is 1. The second kappa shape index (κ2) is 10.4. The van der Waals surface area contributed by atoms with E-state index >= 15 is 0 Å². The van der Waals surface area contributed by atoms with E-state index in [0.717, 1.165) is 21.8 Å². The molecule has 0 aliphatic rings. The van der Waals surface area contributed by atoms with Crippen LogP contribution >= 0.6 is 11.3 Å². The van der Waals surface area contributed by atoms with Crippen molar-refractivity contribution in [1.29, 1.82) is 0 Å². The lowest BCUT2D eigenvalue weighted by Crippen LogP contribution is -2.34. The Morgan fingerprint density at radius 3 is 2.63 bits per heavy atom. The first-order valence-corrected chi connectivity index (χ1v) is 10.6. The molecule has 1 heterocycles. The van der Waals surface area contributed by atoms with Crippen molar-refractivity contribution in [3.8, 4) is 5.75 Å². The number of hydrogen-bond donors (Lipinski definition) is 2. The second-order valence-electron chi connectivity index (χ2n) is 6.61. The SMILES string of the molecule is CCOc1cccc(CNC(=O)/C(=C/c2cccs2)NC(=O)c2ccccc2C)c1. The van der Waals surface area contributed by atoms with E-state index in [9.17, 15) is 9.59 Å². The monoisotopic (exact) mass is 420 g/mol. The molecule has 0 aliphatic carbocycles. The van der Waals surface area contributed by atoms with Crippen molar-refractivity contribution in [2.24, 2.45) is 0 Å². The van der Waals surface area contributed by atoms with E-state index in [-0.39, 0.29) is 17.5 Å². The highest BCUT2D eigenvalue weighted by Crippen LogP contribution is 2.15. The zero-order valence-corrected chi connectivity index (χ0v) is 17.8. The molecule has 0 atom stereocenters. The topological polar surface area (TPSA) is 67.4 Å². The fourth-order valence-electron chi connectivity index (χ4n) is 2.88. The van der Waals surface area contributed by atoms with Crippen LogP contribution in [0.5, 0.6) is 5.75 Å². The Labute approximate surface area is 180 Å². The van der Waals surface area contributed by atoms with Gasteiger partial charge in [-0.2, -0.15) is 0 Å². The maximum Gasteiger partial charge on any atom is 0.268 e. The molecule has 1 aromatic heterocycles. The summed E-state index contributed by atoms with van der Waals surface area (Å²) in [5, 5.41) is 7.57. The van der Waals surface area contributed by atoms with Crippen molar-refractivity contribution in [1.82, 2.24) is 10.6 Å². The molecule has 0 bridgehead atoms. The maximum atomic E-state index is 12.9. The fraction of sp³-hybridized carbons (Fsp3) is 0.167. The summed E-state index contributed by atoms with van der Waals surface area (Å²) < 4.78 is 5.50. The average Bonchev–Trinajstić information content (AvgIpc) is 3.25. The largest absolute Gasteiger partial charge is 0.494 e. The van der Waals surface area contributed by atoms with Gasteiger partial charge >= 0.3 is 0 Å². The number of hydrogen-bond acceptors (Lipinski definition) is 4. The Morgan fingerprint density at radius 1 is 1.07 bits per heavy atom. The Morgan fingerprint density at radius 2 is 1.90 bits per heavy atom. The van der Waals surface area contributed by atoms with Gasteiger partial charge in [0, 0.05) is 17.0 Å². The summed E-state index contributed by atoms with van der Waals surface area (Å²) in [6, 6.07) is 18.6. The molecule has 0 saturated carbocycles. The van der Waals surface area contributed by atoms with E-state index in [4.69, 9.17) is 4.74 Å². The molecule has 3 rings (SSSR count). The molecule has 5 nitrogen and oxygen atoms in total. The molecule has 0 aliphatic heterocycles. The van der Waals surface area contributed by atoms with Crippen LogP contribution in [-0.2, 0) is 11.3 Å². The predicted octanol–water partition coefficient (Wildman–Crippen LogP) is 4.54. The third-order valence-corrected chi connectivity index (χ3v) is 5.19. The lowest BCUT2D eigenvalue weighted by atomic mass is 10.1. The molecule has 0 spiro atoms. The van der Waals surface area contributed by atoms with Crippen LogP contribution in [0.2, 0.25) is 0 Å². The molecule has 154 valence electrons. The van der Waals surface area contributed by atoms with E-state index in [0.29, 0.717) is 18.7 Å². The molecule has 0 fully saturated rings. The van der Waals surface area contributed by atoms with Gasteiger partial charge in [-0.1, -0.05) is 36.4 Å². The van der Waals surface area contributed by atoms with Gasteiger partial charge in [-0.3, -0.25) is 9.59 Å². The lowest BCUT2D eigenvalue weighted by Gasteiger charge is -2.12. The highest BCUT2D eigenvalue weighted by atomic mass is 32.1. The summed E-state index contributed by atoms with van der Waals surface area (Å²) in [4.78, 5) is 26.5. The number of ether oxygens (including phenoxy) is 1. The van der Waals surface area contributed by atoms with Gasteiger partial charge < -0.3 is 15.4 Å². The standard InChI is InChI=1S/C24H24N2O3S/c1-3-29-19-10-6-9-18(14-19)16-25-24(28)22(15-20-11-7-13-30-20)26-23(27)21-12-5-4-8-17(21)2/h4-15H,3,16H2,1-2H3,(H,25,28)(H,26,27)/b22-15-. The van der Waals surface area contributed by atoms with E-state index in [1.165, 1.54) is 11.3 Å². The number of carbonyl (C=O) groups is 2. The van der Waals surface area contributed by atoms with Crippen LogP contribution in [0.15, 0.2) is 71.7 Å². The first-order chi connectivity index (χ1) is 14.6. The fourth-order valence-corrected chi connectivity index (χ4v) is 3.54. The minimum absolute atomic E-state index is 0.201. The van der Waals surface area contributed by atoms with E-state index in [1.807, 2.05) is 67.8 Å². The summed E-state index contributed by atoms with van der Waals surface area (Å²) in [5.41, 5.74) is 2.49. The molecule has 0 saturated heterocycles. The molecule has 2 N–H and O–H groups in total. The van der Waals surface area contributed by atoms with Gasteiger partial charge in [-0.25, -0.2) is 0 Å². The van der Waals surface area contributed by atoms with Crippen LogP contribution in [0.1, 0.15) is 33.3 Å². The molecule has 2 amide bonds. The average molecular weight is 421 g/mol. The first-order valence-electron chi connectivity index (χ1n) is 9.69. The van der Waals surface area contributed by atoms with Gasteiger partial charge in [-0.05, 0) is 60.7 Å². The smallest absolute Gasteiger partial charge is 0.268 e. The predicted molar refractivity (Wildman–Crippen MR) is 120 cm³/mol. The van der Waals surface area contributed by atoms with Gasteiger partial charge in [0.25, 0.3) is 11.8 Å². The Hall–Kier alpha value is -3.38. The number of amides is 2. The summed E-state index contributed by atoms with van der Waals surface area (Å²) in [6.45, 7) is 4.69. The van der Waals surface area contributed by atoms with E-state index in [2.05, 4.69) is 10.6 Å². The number of benzene rings is 2. The number of rotatable bonds is 8. The zero-order valence-electron chi connectivity index (χ0n) is 17.0. The van der Waals surface area contributed by atoms with Crippen molar-refractivity contribution in [3.63, 3.8) is 0 Å². The maximum absolute atomic E-state index is 12.9. The van der Waals surface area contributed by atoms with Gasteiger partial charge in [0.1, 0.15) is 11.4 Å². The summed E-state index contributed by atoms with van der Waals surface area (Å²) in [6.07, 6.45) is 1.69. The van der Waals surface area contributed by atoms with Gasteiger partial charge in [0.05, 0.1) is 6.61 Å². The molecular weight excluding hydrogens is 396 g/mol. The van der Waals surface area contributed by atoms with Crippen LogP contribution < -0.4 is 15.4 Å². The lowest BCUT2D eigenvalue weighted by molar-refractivity contribution is -0.117. The minimum Gasteiger partial charge on any atom is -0.494 e. The molecule has 2 aromatic carbocycles.